The van der Waals surface area contributed by atoms with Gasteiger partial charge in [-0.3, -0.25) is 14.2 Å². The molecule has 0 aliphatic rings. The van der Waals surface area contributed by atoms with Gasteiger partial charge in [0.2, 0.25) is 11.8 Å². The van der Waals surface area contributed by atoms with Crippen LogP contribution in [-0.4, -0.2) is 45.1 Å². The van der Waals surface area contributed by atoms with E-state index in [4.69, 9.17) is 0 Å². The molecule has 1 N–H and O–H groups in total. The van der Waals surface area contributed by atoms with E-state index in [1.165, 1.54) is 27.8 Å². The number of aromatic nitrogens is 2. The predicted molar refractivity (Wildman–Crippen MR) is 130 cm³/mol. The van der Waals surface area contributed by atoms with Crippen LogP contribution >= 0.6 is 11.8 Å². The molecule has 0 spiro atoms. The molecule has 6 nitrogen and oxygen atoms in total. The Morgan fingerprint density at radius 3 is 2.62 bits per heavy atom. The number of thioether (sulfide) groups is 1. The number of likely N-dealkylation sites (N-methyl/N-ethyl adjacent to an activating group) is 1. The lowest BCUT2D eigenvalue weighted by Gasteiger charge is -2.21. The van der Waals surface area contributed by atoms with Gasteiger partial charge in [-0.2, -0.15) is 0 Å². The standard InChI is InChI=1S/C25H30N4O2S/c1-6-20-9-7-8-10-22(20)27-23(30)16-28(5)24(31)19(4)32-25-26-13-14-29(25)21-12-11-17(2)18(3)15-21/h7-15,19H,6,16H2,1-5H3,(H,27,30). The van der Waals surface area contributed by atoms with Gasteiger partial charge in [0.25, 0.3) is 0 Å². The average Bonchev–Trinajstić information content (AvgIpc) is 3.23. The Labute approximate surface area is 194 Å². The van der Waals surface area contributed by atoms with Crippen molar-refractivity contribution in [2.24, 2.45) is 0 Å². The first-order valence-corrected chi connectivity index (χ1v) is 11.6. The summed E-state index contributed by atoms with van der Waals surface area (Å²) >= 11 is 1.38. The molecule has 1 heterocycles. The van der Waals surface area contributed by atoms with Crippen LogP contribution in [0.4, 0.5) is 5.69 Å². The van der Waals surface area contributed by atoms with Gasteiger partial charge in [-0.1, -0.05) is 43.0 Å². The number of imidazole rings is 1. The highest BCUT2D eigenvalue weighted by molar-refractivity contribution is 8.00. The molecule has 0 aliphatic carbocycles. The van der Waals surface area contributed by atoms with Crippen LogP contribution in [0.1, 0.15) is 30.5 Å². The lowest BCUT2D eigenvalue weighted by molar-refractivity contribution is -0.132. The molecule has 0 saturated carbocycles. The van der Waals surface area contributed by atoms with E-state index in [0.717, 1.165) is 28.5 Å². The first kappa shape index (κ1) is 23.6. The monoisotopic (exact) mass is 450 g/mol. The van der Waals surface area contributed by atoms with Gasteiger partial charge >= 0.3 is 0 Å². The molecule has 0 aliphatic heterocycles. The van der Waals surface area contributed by atoms with Crippen molar-refractivity contribution in [2.75, 3.05) is 18.9 Å². The Morgan fingerprint density at radius 1 is 1.16 bits per heavy atom. The van der Waals surface area contributed by atoms with Gasteiger partial charge in [-0.25, -0.2) is 4.98 Å². The Morgan fingerprint density at radius 2 is 1.91 bits per heavy atom. The first-order valence-electron chi connectivity index (χ1n) is 10.7. The number of carbonyl (C=O) groups is 2. The van der Waals surface area contributed by atoms with E-state index in [-0.39, 0.29) is 23.6 Å². The van der Waals surface area contributed by atoms with Crippen molar-refractivity contribution in [2.45, 2.75) is 44.5 Å². The van der Waals surface area contributed by atoms with E-state index in [2.05, 4.69) is 36.3 Å². The third-order valence-corrected chi connectivity index (χ3v) is 6.50. The molecule has 0 radical (unpaired) electrons. The van der Waals surface area contributed by atoms with Gasteiger partial charge in [0.15, 0.2) is 5.16 Å². The molecule has 2 aromatic carbocycles. The minimum absolute atomic E-state index is 0.00657. The molecule has 32 heavy (non-hydrogen) atoms. The third kappa shape index (κ3) is 5.59. The maximum Gasteiger partial charge on any atom is 0.243 e. The highest BCUT2D eigenvalue weighted by Crippen LogP contribution is 2.26. The fraction of sp³-hybridized carbons (Fsp3) is 0.320. The van der Waals surface area contributed by atoms with Crippen LogP contribution in [0.3, 0.4) is 0 Å². The minimum Gasteiger partial charge on any atom is -0.335 e. The zero-order valence-corrected chi connectivity index (χ0v) is 20.1. The molecular weight excluding hydrogens is 420 g/mol. The lowest BCUT2D eigenvalue weighted by Crippen LogP contribution is -2.39. The second-order valence-electron chi connectivity index (χ2n) is 7.86. The maximum absolute atomic E-state index is 12.9. The van der Waals surface area contributed by atoms with E-state index in [0.29, 0.717) is 0 Å². The Balaban J connectivity index is 1.63. The first-order chi connectivity index (χ1) is 15.3. The summed E-state index contributed by atoms with van der Waals surface area (Å²) in [6.45, 7) is 8.03. The van der Waals surface area contributed by atoms with Crippen LogP contribution in [0.5, 0.6) is 0 Å². The van der Waals surface area contributed by atoms with Gasteiger partial charge in [-0.05, 0) is 62.1 Å². The number of hydrogen-bond acceptors (Lipinski definition) is 4. The predicted octanol–water partition coefficient (Wildman–Crippen LogP) is 4.63. The molecule has 7 heteroatoms. The summed E-state index contributed by atoms with van der Waals surface area (Å²) in [6, 6.07) is 13.9. The van der Waals surface area contributed by atoms with Gasteiger partial charge in [-0.15, -0.1) is 0 Å². The second-order valence-corrected chi connectivity index (χ2v) is 9.17. The number of benzene rings is 2. The summed E-state index contributed by atoms with van der Waals surface area (Å²) in [6.07, 6.45) is 4.45. The Bertz CT molecular complexity index is 1110. The van der Waals surface area contributed by atoms with Gasteiger partial charge < -0.3 is 10.2 Å². The number of amides is 2. The molecule has 0 saturated heterocycles. The van der Waals surface area contributed by atoms with E-state index in [9.17, 15) is 9.59 Å². The molecule has 0 bridgehead atoms. The van der Waals surface area contributed by atoms with E-state index < -0.39 is 0 Å². The largest absolute Gasteiger partial charge is 0.335 e. The number of nitrogens with one attached hydrogen (secondary N) is 1. The zero-order chi connectivity index (χ0) is 23.3. The van der Waals surface area contributed by atoms with Gasteiger partial charge in [0, 0.05) is 30.8 Å². The van der Waals surface area contributed by atoms with Crippen molar-refractivity contribution < 1.29 is 9.59 Å². The summed E-state index contributed by atoms with van der Waals surface area (Å²) in [5.74, 6) is -0.334. The minimum atomic E-state index is -0.386. The number of rotatable bonds is 8. The summed E-state index contributed by atoms with van der Waals surface area (Å²) in [7, 11) is 1.65. The quantitative estimate of drug-likeness (QED) is 0.508. The van der Waals surface area contributed by atoms with Crippen LogP contribution in [0.25, 0.3) is 5.69 Å². The Hall–Kier alpha value is -3.06. The van der Waals surface area contributed by atoms with Crippen LogP contribution < -0.4 is 5.32 Å². The molecule has 3 rings (SSSR count). The van der Waals surface area contributed by atoms with Gasteiger partial charge in [0.1, 0.15) is 0 Å². The molecule has 0 fully saturated rings. The number of carbonyl (C=O) groups excluding carboxylic acids is 2. The molecule has 3 aromatic rings. The topological polar surface area (TPSA) is 67.2 Å². The SMILES string of the molecule is CCc1ccccc1NC(=O)CN(C)C(=O)C(C)Sc1nccn1-c1ccc(C)c(C)c1. The molecule has 2 amide bonds. The maximum atomic E-state index is 12.9. The summed E-state index contributed by atoms with van der Waals surface area (Å²) < 4.78 is 1.98. The normalized spacial score (nSPS) is 11.8. The van der Waals surface area contributed by atoms with E-state index in [1.807, 2.05) is 54.9 Å². The fourth-order valence-electron chi connectivity index (χ4n) is 3.40. The summed E-state index contributed by atoms with van der Waals surface area (Å²) in [5.41, 5.74) is 5.30. The number of anilines is 1. The van der Waals surface area contributed by atoms with Crippen molar-refractivity contribution in [3.8, 4) is 5.69 Å². The van der Waals surface area contributed by atoms with Gasteiger partial charge in [0.05, 0.1) is 11.8 Å². The molecule has 1 aromatic heterocycles. The van der Waals surface area contributed by atoms with E-state index >= 15 is 0 Å². The second kappa shape index (κ2) is 10.5. The Kier molecular flexibility index (Phi) is 7.75. The third-order valence-electron chi connectivity index (χ3n) is 5.43. The highest BCUT2D eigenvalue weighted by atomic mass is 32.2. The number of para-hydroxylation sites is 1. The van der Waals surface area contributed by atoms with Crippen LogP contribution in [0, 0.1) is 13.8 Å². The van der Waals surface area contributed by atoms with Crippen LogP contribution in [0.15, 0.2) is 60.0 Å². The highest BCUT2D eigenvalue weighted by Gasteiger charge is 2.23. The van der Waals surface area contributed by atoms with Crippen molar-refractivity contribution >= 4 is 29.3 Å². The average molecular weight is 451 g/mol. The fourth-order valence-corrected chi connectivity index (χ4v) is 4.40. The van der Waals surface area contributed by atoms with Crippen LogP contribution in [0.2, 0.25) is 0 Å². The van der Waals surface area contributed by atoms with Crippen molar-refractivity contribution in [3.63, 3.8) is 0 Å². The molecular formula is C25H30N4O2S. The number of aryl methyl sites for hydroxylation is 3. The molecule has 1 unspecified atom stereocenters. The zero-order valence-electron chi connectivity index (χ0n) is 19.3. The van der Waals surface area contributed by atoms with Crippen molar-refractivity contribution in [1.82, 2.24) is 14.5 Å². The summed E-state index contributed by atoms with van der Waals surface area (Å²) in [4.78, 5) is 31.3. The smallest absolute Gasteiger partial charge is 0.243 e. The number of nitrogens with zero attached hydrogens (tertiary/aromatic N) is 3. The number of hydrogen-bond donors (Lipinski definition) is 1. The molecule has 1 atom stereocenters. The summed E-state index contributed by atoms with van der Waals surface area (Å²) in [5, 5.41) is 3.27. The lowest BCUT2D eigenvalue weighted by atomic mass is 10.1. The van der Waals surface area contributed by atoms with E-state index in [1.54, 1.807) is 13.2 Å². The van der Waals surface area contributed by atoms with Crippen molar-refractivity contribution in [3.05, 3.63) is 71.5 Å². The van der Waals surface area contributed by atoms with Crippen molar-refractivity contribution in [1.29, 1.82) is 0 Å². The molecule has 168 valence electrons. The van der Waals surface area contributed by atoms with Crippen LogP contribution in [-0.2, 0) is 16.0 Å².